The first kappa shape index (κ1) is 23.3. The van der Waals surface area contributed by atoms with Crippen LogP contribution in [-0.4, -0.2) is 22.0 Å². The van der Waals surface area contributed by atoms with Crippen LogP contribution in [-0.2, 0) is 23.5 Å². The highest BCUT2D eigenvalue weighted by molar-refractivity contribution is 7.98. The zero-order chi connectivity index (χ0) is 23.0. The van der Waals surface area contributed by atoms with Crippen LogP contribution in [0, 0.1) is 6.92 Å². The summed E-state index contributed by atoms with van der Waals surface area (Å²) in [4.78, 5) is 30.1. The van der Waals surface area contributed by atoms with Gasteiger partial charge in [0.2, 0.25) is 5.91 Å². The molecule has 5 nitrogen and oxygen atoms in total. The average molecular weight is 478 g/mol. The molecule has 2 aromatic heterocycles. The number of hydrogen-bond acceptors (Lipinski definition) is 5. The molecule has 1 amide bonds. The number of rotatable bonds is 10. The van der Waals surface area contributed by atoms with Gasteiger partial charge in [0, 0.05) is 25.3 Å². The van der Waals surface area contributed by atoms with Crippen molar-refractivity contribution in [2.75, 3.05) is 6.54 Å². The molecular formula is C26H27N3O2S2. The van der Waals surface area contributed by atoms with E-state index in [1.54, 1.807) is 16.3 Å². The van der Waals surface area contributed by atoms with Crippen molar-refractivity contribution in [2.24, 2.45) is 0 Å². The van der Waals surface area contributed by atoms with Gasteiger partial charge in [-0.25, -0.2) is 4.98 Å². The number of benzene rings is 2. The molecule has 0 fully saturated rings. The van der Waals surface area contributed by atoms with Crippen molar-refractivity contribution in [2.45, 2.75) is 43.6 Å². The topological polar surface area (TPSA) is 64.0 Å². The Hall–Kier alpha value is -2.90. The van der Waals surface area contributed by atoms with Crippen LogP contribution in [0.3, 0.4) is 0 Å². The van der Waals surface area contributed by atoms with Crippen molar-refractivity contribution in [1.82, 2.24) is 14.9 Å². The largest absolute Gasteiger partial charge is 0.356 e. The normalized spacial score (nSPS) is 11.1. The summed E-state index contributed by atoms with van der Waals surface area (Å²) in [5, 5.41) is 5.59. The first-order chi connectivity index (χ1) is 16.1. The van der Waals surface area contributed by atoms with Crippen LogP contribution >= 0.6 is 23.1 Å². The number of amides is 1. The smallest absolute Gasteiger partial charge is 0.272 e. The van der Waals surface area contributed by atoms with Crippen LogP contribution in [0.4, 0.5) is 0 Å². The number of nitrogens with one attached hydrogen (secondary N) is 1. The fourth-order valence-electron chi connectivity index (χ4n) is 3.66. The van der Waals surface area contributed by atoms with Gasteiger partial charge in [0.25, 0.3) is 5.56 Å². The molecule has 0 unspecified atom stereocenters. The number of aromatic nitrogens is 2. The van der Waals surface area contributed by atoms with E-state index in [2.05, 4.69) is 42.6 Å². The lowest BCUT2D eigenvalue weighted by Crippen LogP contribution is -2.27. The van der Waals surface area contributed by atoms with Crippen molar-refractivity contribution in [3.8, 4) is 0 Å². The Morgan fingerprint density at radius 2 is 1.91 bits per heavy atom. The average Bonchev–Trinajstić information content (AvgIpc) is 3.29. The van der Waals surface area contributed by atoms with Gasteiger partial charge < -0.3 is 5.32 Å². The SMILES string of the molecule is Cc1cccc(CSc2nc3ccsc3c(=O)n2CCCC(=O)NCCc2ccccc2)c1. The van der Waals surface area contributed by atoms with Crippen LogP contribution in [0.15, 0.2) is 76.0 Å². The predicted octanol–water partition coefficient (Wildman–Crippen LogP) is 5.20. The molecule has 0 aliphatic rings. The predicted molar refractivity (Wildman–Crippen MR) is 137 cm³/mol. The number of carbonyl (C=O) groups excluding carboxylic acids is 1. The molecule has 0 spiro atoms. The summed E-state index contributed by atoms with van der Waals surface area (Å²) in [6.07, 6.45) is 1.78. The molecule has 0 bridgehead atoms. The molecule has 170 valence electrons. The van der Waals surface area contributed by atoms with Gasteiger partial charge in [-0.15, -0.1) is 11.3 Å². The summed E-state index contributed by atoms with van der Waals surface area (Å²) in [6, 6.07) is 20.4. The van der Waals surface area contributed by atoms with Crippen LogP contribution in [0.25, 0.3) is 10.2 Å². The van der Waals surface area contributed by atoms with E-state index >= 15 is 0 Å². The number of carbonyl (C=O) groups is 1. The van der Waals surface area contributed by atoms with Gasteiger partial charge in [-0.05, 0) is 42.3 Å². The molecule has 0 saturated heterocycles. The van der Waals surface area contributed by atoms with E-state index in [0.29, 0.717) is 35.8 Å². The number of thiophene rings is 1. The molecule has 1 N–H and O–H groups in total. The van der Waals surface area contributed by atoms with E-state index in [0.717, 1.165) is 17.7 Å². The quantitative estimate of drug-likeness (QED) is 0.252. The molecule has 2 heterocycles. The number of hydrogen-bond donors (Lipinski definition) is 1. The monoisotopic (exact) mass is 477 g/mol. The lowest BCUT2D eigenvalue weighted by molar-refractivity contribution is -0.121. The maximum atomic E-state index is 13.1. The van der Waals surface area contributed by atoms with E-state index < -0.39 is 0 Å². The van der Waals surface area contributed by atoms with Gasteiger partial charge in [0.15, 0.2) is 5.16 Å². The highest BCUT2D eigenvalue weighted by Crippen LogP contribution is 2.24. The standard InChI is InChI=1S/C26H27N3O2S2/c1-19-7-5-10-21(17-19)18-33-26-28-22-13-16-32-24(22)25(31)29(26)15-6-11-23(30)27-14-12-20-8-3-2-4-9-20/h2-5,7-10,13,16-17H,6,11-12,14-15,18H2,1H3,(H,27,30). The minimum Gasteiger partial charge on any atom is -0.356 e. The van der Waals surface area contributed by atoms with E-state index in [9.17, 15) is 9.59 Å². The zero-order valence-electron chi connectivity index (χ0n) is 18.6. The van der Waals surface area contributed by atoms with E-state index in [-0.39, 0.29) is 11.5 Å². The third-order valence-corrected chi connectivity index (χ3v) is 7.28. The highest BCUT2D eigenvalue weighted by Gasteiger charge is 2.13. The fraction of sp³-hybridized carbons (Fsp3) is 0.269. The van der Waals surface area contributed by atoms with Crippen molar-refractivity contribution >= 4 is 39.2 Å². The van der Waals surface area contributed by atoms with Gasteiger partial charge >= 0.3 is 0 Å². The highest BCUT2D eigenvalue weighted by atomic mass is 32.2. The van der Waals surface area contributed by atoms with E-state index in [1.165, 1.54) is 28.0 Å². The molecule has 0 radical (unpaired) electrons. The maximum Gasteiger partial charge on any atom is 0.272 e. The Morgan fingerprint density at radius 1 is 1.09 bits per heavy atom. The van der Waals surface area contributed by atoms with Gasteiger partial charge in [-0.3, -0.25) is 14.2 Å². The van der Waals surface area contributed by atoms with Gasteiger partial charge in [-0.1, -0.05) is 71.9 Å². The summed E-state index contributed by atoms with van der Waals surface area (Å²) < 4.78 is 2.40. The zero-order valence-corrected chi connectivity index (χ0v) is 20.3. The maximum absolute atomic E-state index is 13.1. The van der Waals surface area contributed by atoms with Crippen LogP contribution in [0.2, 0.25) is 0 Å². The Kier molecular flexibility index (Phi) is 7.96. The Bertz CT molecular complexity index is 1280. The van der Waals surface area contributed by atoms with Crippen molar-refractivity contribution in [3.63, 3.8) is 0 Å². The molecular weight excluding hydrogens is 450 g/mol. The lowest BCUT2D eigenvalue weighted by atomic mass is 10.1. The van der Waals surface area contributed by atoms with Crippen LogP contribution < -0.4 is 10.9 Å². The molecule has 4 aromatic rings. The molecule has 0 saturated carbocycles. The molecule has 7 heteroatoms. The first-order valence-corrected chi connectivity index (χ1v) is 12.9. The van der Waals surface area contributed by atoms with Crippen molar-refractivity contribution < 1.29 is 4.79 Å². The third-order valence-electron chi connectivity index (χ3n) is 5.35. The Balaban J connectivity index is 1.37. The second-order valence-electron chi connectivity index (χ2n) is 7.95. The number of aryl methyl sites for hydroxylation is 1. The molecule has 2 aromatic carbocycles. The summed E-state index contributed by atoms with van der Waals surface area (Å²) in [5.41, 5.74) is 4.34. The Morgan fingerprint density at radius 3 is 2.73 bits per heavy atom. The molecule has 33 heavy (non-hydrogen) atoms. The fourth-order valence-corrected chi connectivity index (χ4v) is 5.40. The van der Waals surface area contributed by atoms with Gasteiger partial charge in [-0.2, -0.15) is 0 Å². The minimum atomic E-state index is -0.0220. The molecule has 0 aliphatic heterocycles. The summed E-state index contributed by atoms with van der Waals surface area (Å²) in [6.45, 7) is 3.16. The molecule has 0 aliphatic carbocycles. The minimum absolute atomic E-state index is 0.0121. The van der Waals surface area contributed by atoms with E-state index in [1.807, 2.05) is 35.7 Å². The van der Waals surface area contributed by atoms with E-state index in [4.69, 9.17) is 4.98 Å². The number of fused-ring (bicyclic) bond motifs is 1. The van der Waals surface area contributed by atoms with Gasteiger partial charge in [0.1, 0.15) is 4.70 Å². The molecule has 0 atom stereocenters. The Labute approximate surface area is 201 Å². The first-order valence-electron chi connectivity index (χ1n) is 11.1. The van der Waals surface area contributed by atoms with Gasteiger partial charge in [0.05, 0.1) is 5.52 Å². The summed E-state index contributed by atoms with van der Waals surface area (Å²) >= 11 is 2.99. The number of nitrogens with zero attached hydrogens (tertiary/aromatic N) is 2. The second kappa shape index (κ2) is 11.3. The number of thioether (sulfide) groups is 1. The molecule has 4 rings (SSSR count). The second-order valence-corrected chi connectivity index (χ2v) is 9.81. The summed E-state index contributed by atoms with van der Waals surface area (Å²) in [7, 11) is 0. The van der Waals surface area contributed by atoms with Crippen molar-refractivity contribution in [1.29, 1.82) is 0 Å². The summed E-state index contributed by atoms with van der Waals surface area (Å²) in [5.74, 6) is 0.752. The van der Waals surface area contributed by atoms with Crippen molar-refractivity contribution in [3.05, 3.63) is 93.1 Å². The third kappa shape index (κ3) is 6.33. The lowest BCUT2D eigenvalue weighted by Gasteiger charge is -2.12. The van der Waals surface area contributed by atoms with Crippen LogP contribution in [0.1, 0.15) is 29.5 Å². The van der Waals surface area contributed by atoms with Crippen LogP contribution in [0.5, 0.6) is 0 Å².